The monoisotopic (exact) mass is 278 g/mol. The van der Waals surface area contributed by atoms with Gasteiger partial charge in [0.15, 0.2) is 0 Å². The van der Waals surface area contributed by atoms with Gasteiger partial charge in [-0.3, -0.25) is 0 Å². The molecule has 1 aliphatic heterocycles. The summed E-state index contributed by atoms with van der Waals surface area (Å²) >= 11 is 0. The van der Waals surface area contributed by atoms with Crippen LogP contribution in [0, 0.1) is 5.92 Å². The first-order valence-electron chi connectivity index (χ1n) is 9.34. The standard InChI is InChI=1S/C18H34N2/c1-4-11-18(12-5-1)16-20(15-7-13-19-18)14-6-10-17-8-2-3-9-17/h17,19H,1-16H2. The molecule has 0 radical (unpaired) electrons. The van der Waals surface area contributed by atoms with Crippen molar-refractivity contribution in [1.29, 1.82) is 0 Å². The Hall–Kier alpha value is -0.0800. The topological polar surface area (TPSA) is 15.3 Å². The van der Waals surface area contributed by atoms with Crippen LogP contribution in [0.15, 0.2) is 0 Å². The summed E-state index contributed by atoms with van der Waals surface area (Å²) in [5.41, 5.74) is 0.488. The predicted molar refractivity (Wildman–Crippen MR) is 86.1 cm³/mol. The Kier molecular flexibility index (Phi) is 5.39. The van der Waals surface area contributed by atoms with E-state index in [2.05, 4.69) is 10.2 Å². The minimum absolute atomic E-state index is 0.488. The summed E-state index contributed by atoms with van der Waals surface area (Å²) in [5, 5.41) is 3.92. The fourth-order valence-corrected chi connectivity index (χ4v) is 4.88. The zero-order valence-electron chi connectivity index (χ0n) is 13.3. The Morgan fingerprint density at radius 2 is 1.75 bits per heavy atom. The maximum Gasteiger partial charge on any atom is 0.0308 e. The fraction of sp³-hybridized carbons (Fsp3) is 1.00. The molecular weight excluding hydrogens is 244 g/mol. The number of nitrogens with zero attached hydrogens (tertiary/aromatic N) is 1. The summed E-state index contributed by atoms with van der Waals surface area (Å²) in [4.78, 5) is 2.79. The van der Waals surface area contributed by atoms with Gasteiger partial charge in [0.25, 0.3) is 0 Å². The Morgan fingerprint density at radius 1 is 0.950 bits per heavy atom. The van der Waals surface area contributed by atoms with E-state index in [1.54, 1.807) is 0 Å². The third-order valence-corrected chi connectivity index (χ3v) is 6.05. The van der Waals surface area contributed by atoms with Crippen molar-refractivity contribution in [2.24, 2.45) is 5.92 Å². The highest BCUT2D eigenvalue weighted by molar-refractivity contribution is 4.95. The van der Waals surface area contributed by atoms with Crippen LogP contribution in [0.4, 0.5) is 0 Å². The lowest BCUT2D eigenvalue weighted by Crippen LogP contribution is -2.52. The number of hydrogen-bond acceptors (Lipinski definition) is 2. The quantitative estimate of drug-likeness (QED) is 0.837. The molecule has 0 amide bonds. The number of nitrogens with one attached hydrogen (secondary N) is 1. The van der Waals surface area contributed by atoms with Crippen molar-refractivity contribution in [3.8, 4) is 0 Å². The molecule has 0 aromatic rings. The van der Waals surface area contributed by atoms with Crippen LogP contribution in [-0.2, 0) is 0 Å². The minimum atomic E-state index is 0.488. The zero-order valence-corrected chi connectivity index (χ0v) is 13.3. The van der Waals surface area contributed by atoms with Gasteiger partial charge in [0.2, 0.25) is 0 Å². The van der Waals surface area contributed by atoms with E-state index in [0.717, 1.165) is 5.92 Å². The third kappa shape index (κ3) is 3.98. The van der Waals surface area contributed by atoms with Crippen LogP contribution in [-0.4, -0.2) is 36.6 Å². The molecular formula is C18H34N2. The molecule has 0 aromatic heterocycles. The highest BCUT2D eigenvalue weighted by atomic mass is 15.2. The first kappa shape index (κ1) is 14.8. The maximum absolute atomic E-state index is 3.92. The Morgan fingerprint density at radius 3 is 2.55 bits per heavy atom. The molecule has 20 heavy (non-hydrogen) atoms. The van der Waals surface area contributed by atoms with Crippen molar-refractivity contribution >= 4 is 0 Å². The van der Waals surface area contributed by atoms with Crippen LogP contribution in [0.2, 0.25) is 0 Å². The van der Waals surface area contributed by atoms with Gasteiger partial charge in [-0.1, -0.05) is 44.9 Å². The Bertz CT molecular complexity index is 277. The summed E-state index contributed by atoms with van der Waals surface area (Å²) in [6.07, 6.45) is 17.5. The van der Waals surface area contributed by atoms with Gasteiger partial charge >= 0.3 is 0 Å². The summed E-state index contributed by atoms with van der Waals surface area (Å²) in [6, 6.07) is 0. The second kappa shape index (κ2) is 7.26. The van der Waals surface area contributed by atoms with Crippen molar-refractivity contribution in [1.82, 2.24) is 10.2 Å². The molecule has 0 aromatic carbocycles. The smallest absolute Gasteiger partial charge is 0.0308 e. The molecule has 1 heterocycles. The molecule has 0 bridgehead atoms. The van der Waals surface area contributed by atoms with Gasteiger partial charge in [-0.15, -0.1) is 0 Å². The van der Waals surface area contributed by atoms with Gasteiger partial charge in [0, 0.05) is 12.1 Å². The summed E-state index contributed by atoms with van der Waals surface area (Å²) in [7, 11) is 0. The molecule has 0 unspecified atom stereocenters. The van der Waals surface area contributed by atoms with Gasteiger partial charge in [-0.25, -0.2) is 0 Å². The van der Waals surface area contributed by atoms with E-state index in [-0.39, 0.29) is 0 Å². The molecule has 1 spiro atoms. The van der Waals surface area contributed by atoms with Crippen molar-refractivity contribution in [2.75, 3.05) is 26.2 Å². The largest absolute Gasteiger partial charge is 0.310 e. The van der Waals surface area contributed by atoms with Crippen LogP contribution < -0.4 is 5.32 Å². The molecule has 1 saturated heterocycles. The van der Waals surface area contributed by atoms with E-state index in [1.807, 2.05) is 0 Å². The first-order valence-corrected chi connectivity index (χ1v) is 9.34. The molecule has 1 N–H and O–H groups in total. The van der Waals surface area contributed by atoms with E-state index < -0.39 is 0 Å². The summed E-state index contributed by atoms with van der Waals surface area (Å²) in [5.74, 6) is 1.07. The number of hydrogen-bond donors (Lipinski definition) is 1. The second-order valence-electron chi connectivity index (χ2n) is 7.69. The molecule has 3 rings (SSSR count). The molecule has 116 valence electrons. The Labute approximate surface area is 125 Å². The van der Waals surface area contributed by atoms with E-state index in [1.165, 1.54) is 103 Å². The van der Waals surface area contributed by atoms with Crippen LogP contribution in [0.5, 0.6) is 0 Å². The van der Waals surface area contributed by atoms with E-state index >= 15 is 0 Å². The van der Waals surface area contributed by atoms with Gasteiger partial charge in [-0.2, -0.15) is 0 Å². The SMILES string of the molecule is C1CCC2(CC1)CN(CCCC1CCCC1)CCCN2. The molecule has 2 saturated carbocycles. The molecule has 2 heteroatoms. The normalized spacial score (nSPS) is 28.8. The maximum atomic E-state index is 3.92. The summed E-state index contributed by atoms with van der Waals surface area (Å²) < 4.78 is 0. The van der Waals surface area contributed by atoms with Crippen LogP contribution in [0.1, 0.15) is 77.0 Å². The summed E-state index contributed by atoms with van der Waals surface area (Å²) in [6.45, 7) is 5.27. The molecule has 3 fully saturated rings. The van der Waals surface area contributed by atoms with E-state index in [4.69, 9.17) is 0 Å². The lowest BCUT2D eigenvalue weighted by Gasteiger charge is -2.40. The Balaban J connectivity index is 1.45. The third-order valence-electron chi connectivity index (χ3n) is 6.05. The van der Waals surface area contributed by atoms with Crippen molar-refractivity contribution in [2.45, 2.75) is 82.6 Å². The van der Waals surface area contributed by atoms with Crippen molar-refractivity contribution in [3.05, 3.63) is 0 Å². The van der Waals surface area contributed by atoms with Crippen LogP contribution in [0.3, 0.4) is 0 Å². The average molecular weight is 278 g/mol. The highest BCUT2D eigenvalue weighted by Gasteiger charge is 2.34. The van der Waals surface area contributed by atoms with E-state index in [9.17, 15) is 0 Å². The van der Waals surface area contributed by atoms with Gasteiger partial charge in [0.1, 0.15) is 0 Å². The first-order chi connectivity index (χ1) is 9.86. The fourth-order valence-electron chi connectivity index (χ4n) is 4.88. The van der Waals surface area contributed by atoms with Gasteiger partial charge in [0.05, 0.1) is 0 Å². The van der Waals surface area contributed by atoms with Gasteiger partial charge in [-0.05, 0) is 57.7 Å². The molecule has 2 nitrogen and oxygen atoms in total. The predicted octanol–water partition coefficient (Wildman–Crippen LogP) is 3.96. The average Bonchev–Trinajstić information content (AvgIpc) is 2.90. The van der Waals surface area contributed by atoms with Crippen LogP contribution in [0.25, 0.3) is 0 Å². The minimum Gasteiger partial charge on any atom is -0.310 e. The van der Waals surface area contributed by atoms with Crippen molar-refractivity contribution in [3.63, 3.8) is 0 Å². The van der Waals surface area contributed by atoms with Gasteiger partial charge < -0.3 is 10.2 Å². The second-order valence-corrected chi connectivity index (χ2v) is 7.69. The molecule has 0 atom stereocenters. The highest BCUT2D eigenvalue weighted by Crippen LogP contribution is 2.31. The van der Waals surface area contributed by atoms with Crippen LogP contribution >= 0.6 is 0 Å². The molecule has 2 aliphatic carbocycles. The van der Waals surface area contributed by atoms with Crippen molar-refractivity contribution < 1.29 is 0 Å². The molecule has 3 aliphatic rings. The number of rotatable bonds is 4. The lowest BCUT2D eigenvalue weighted by atomic mass is 9.81. The van der Waals surface area contributed by atoms with E-state index in [0.29, 0.717) is 5.54 Å². The zero-order chi connectivity index (χ0) is 13.7. The lowest BCUT2D eigenvalue weighted by molar-refractivity contribution is 0.161.